The molecule has 0 radical (unpaired) electrons. The number of nitrogens with zero attached hydrogens (tertiary/aromatic N) is 3. The minimum Gasteiger partial charge on any atom is -0.369 e. The molecule has 6 heteroatoms. The van der Waals surface area contributed by atoms with E-state index >= 15 is 0 Å². The number of carbonyl (C=O) groups excluding carboxylic acids is 2. The van der Waals surface area contributed by atoms with E-state index < -0.39 is 11.3 Å². The molecule has 1 aliphatic rings. The smallest absolute Gasteiger partial charge is 0.223 e. The summed E-state index contributed by atoms with van der Waals surface area (Å²) in [5, 5.41) is 8.82. The van der Waals surface area contributed by atoms with Crippen molar-refractivity contribution in [3.8, 4) is 6.07 Å². The average molecular weight is 328 g/mol. The van der Waals surface area contributed by atoms with Crippen LogP contribution in [0, 0.1) is 16.7 Å². The maximum Gasteiger partial charge on any atom is 0.223 e. The van der Waals surface area contributed by atoms with Crippen LogP contribution < -0.4 is 5.73 Å². The third kappa shape index (κ3) is 4.56. The van der Waals surface area contributed by atoms with Crippen molar-refractivity contribution in [2.24, 2.45) is 11.1 Å². The van der Waals surface area contributed by atoms with E-state index in [4.69, 9.17) is 11.0 Å². The molecule has 2 N–H and O–H groups in total. The third-order valence-corrected chi connectivity index (χ3v) is 4.47. The Balaban J connectivity index is 1.83. The Kier molecular flexibility index (Phi) is 5.58. The molecular formula is C18H24N4O2. The van der Waals surface area contributed by atoms with Gasteiger partial charge in [0.25, 0.3) is 0 Å². The van der Waals surface area contributed by atoms with E-state index in [9.17, 15) is 9.59 Å². The Morgan fingerprint density at radius 1 is 1.17 bits per heavy atom. The van der Waals surface area contributed by atoms with Crippen LogP contribution in [0.25, 0.3) is 0 Å². The van der Waals surface area contributed by atoms with Gasteiger partial charge in [0, 0.05) is 39.1 Å². The van der Waals surface area contributed by atoms with E-state index in [-0.39, 0.29) is 12.3 Å². The Hall–Kier alpha value is -2.39. The first-order valence-electron chi connectivity index (χ1n) is 8.11. The van der Waals surface area contributed by atoms with Crippen LogP contribution in [0.5, 0.6) is 0 Å². The summed E-state index contributed by atoms with van der Waals surface area (Å²) in [6.45, 7) is 7.11. The predicted molar refractivity (Wildman–Crippen MR) is 90.6 cm³/mol. The number of rotatable bonds is 5. The summed E-state index contributed by atoms with van der Waals surface area (Å²) in [7, 11) is 0. The molecule has 1 aromatic carbocycles. The standard InChI is InChI=1S/C18H24N4O2/c1-18(2,17(20)24)11-16(23)22-9-7-21(8-10-22)13-15-5-3-14(12-19)4-6-15/h3-6H,7-11,13H2,1-2H3,(H2,20,24). The van der Waals surface area contributed by atoms with Gasteiger partial charge in [-0.1, -0.05) is 26.0 Å². The highest BCUT2D eigenvalue weighted by Crippen LogP contribution is 2.21. The lowest BCUT2D eigenvalue weighted by atomic mass is 9.88. The largest absolute Gasteiger partial charge is 0.369 e. The van der Waals surface area contributed by atoms with Gasteiger partial charge in [-0.05, 0) is 17.7 Å². The number of amides is 2. The number of carbonyl (C=O) groups is 2. The molecular weight excluding hydrogens is 304 g/mol. The molecule has 0 aromatic heterocycles. The molecule has 0 saturated carbocycles. The summed E-state index contributed by atoms with van der Waals surface area (Å²) < 4.78 is 0. The Morgan fingerprint density at radius 3 is 2.25 bits per heavy atom. The summed E-state index contributed by atoms with van der Waals surface area (Å²) >= 11 is 0. The zero-order valence-electron chi connectivity index (χ0n) is 14.3. The molecule has 24 heavy (non-hydrogen) atoms. The first-order valence-corrected chi connectivity index (χ1v) is 8.11. The highest BCUT2D eigenvalue weighted by atomic mass is 16.2. The van der Waals surface area contributed by atoms with Crippen LogP contribution in [-0.2, 0) is 16.1 Å². The molecule has 128 valence electrons. The summed E-state index contributed by atoms with van der Waals surface area (Å²) in [4.78, 5) is 27.8. The van der Waals surface area contributed by atoms with Crippen molar-refractivity contribution in [1.29, 1.82) is 5.26 Å². The lowest BCUT2D eigenvalue weighted by Crippen LogP contribution is -2.49. The number of benzene rings is 1. The van der Waals surface area contributed by atoms with E-state index in [1.54, 1.807) is 18.7 Å². The fraction of sp³-hybridized carbons (Fsp3) is 0.500. The van der Waals surface area contributed by atoms with Crippen molar-refractivity contribution in [1.82, 2.24) is 9.80 Å². The van der Waals surface area contributed by atoms with Gasteiger partial charge in [-0.25, -0.2) is 0 Å². The molecule has 2 amide bonds. The van der Waals surface area contributed by atoms with Crippen LogP contribution in [-0.4, -0.2) is 47.8 Å². The molecule has 1 aliphatic heterocycles. The molecule has 0 atom stereocenters. The van der Waals surface area contributed by atoms with E-state index in [1.165, 1.54) is 0 Å². The highest BCUT2D eigenvalue weighted by Gasteiger charge is 2.31. The molecule has 6 nitrogen and oxygen atoms in total. The second-order valence-corrected chi connectivity index (χ2v) is 6.89. The van der Waals surface area contributed by atoms with Gasteiger partial charge in [0.2, 0.25) is 11.8 Å². The molecule has 1 saturated heterocycles. The summed E-state index contributed by atoms with van der Waals surface area (Å²) in [6, 6.07) is 9.68. The van der Waals surface area contributed by atoms with Gasteiger partial charge in [-0.3, -0.25) is 14.5 Å². The molecule has 1 fully saturated rings. The zero-order chi connectivity index (χ0) is 17.7. The van der Waals surface area contributed by atoms with E-state index in [2.05, 4.69) is 11.0 Å². The van der Waals surface area contributed by atoms with Gasteiger partial charge in [-0.2, -0.15) is 5.26 Å². The van der Waals surface area contributed by atoms with Gasteiger partial charge < -0.3 is 10.6 Å². The molecule has 1 aromatic rings. The van der Waals surface area contributed by atoms with Crippen LogP contribution in [0.4, 0.5) is 0 Å². The summed E-state index contributed by atoms with van der Waals surface area (Å²) in [6.07, 6.45) is 0.151. The number of nitrogens with two attached hydrogens (primary N) is 1. The fourth-order valence-corrected chi connectivity index (χ4v) is 2.68. The number of primary amides is 1. The SMILES string of the molecule is CC(C)(CC(=O)N1CCN(Cc2ccc(C#N)cc2)CC1)C(N)=O. The van der Waals surface area contributed by atoms with Gasteiger partial charge in [-0.15, -0.1) is 0 Å². The highest BCUT2D eigenvalue weighted by molar-refractivity contribution is 5.87. The monoisotopic (exact) mass is 328 g/mol. The van der Waals surface area contributed by atoms with E-state index in [0.717, 1.165) is 25.2 Å². The van der Waals surface area contributed by atoms with E-state index in [1.807, 2.05) is 24.3 Å². The van der Waals surface area contributed by atoms with Crippen molar-refractivity contribution in [3.63, 3.8) is 0 Å². The topological polar surface area (TPSA) is 90.4 Å². The van der Waals surface area contributed by atoms with E-state index in [0.29, 0.717) is 18.7 Å². The van der Waals surface area contributed by atoms with Crippen LogP contribution >= 0.6 is 0 Å². The second kappa shape index (κ2) is 7.45. The minimum atomic E-state index is -0.809. The van der Waals surface area contributed by atoms with Crippen molar-refractivity contribution < 1.29 is 9.59 Å². The second-order valence-electron chi connectivity index (χ2n) is 6.89. The van der Waals surface area contributed by atoms with Crippen molar-refractivity contribution in [3.05, 3.63) is 35.4 Å². The van der Waals surface area contributed by atoms with Crippen molar-refractivity contribution in [2.75, 3.05) is 26.2 Å². The predicted octanol–water partition coefficient (Wildman–Crippen LogP) is 1.10. The maximum absolute atomic E-state index is 12.3. The Morgan fingerprint density at radius 2 is 1.75 bits per heavy atom. The molecule has 1 heterocycles. The number of piperazine rings is 1. The van der Waals surface area contributed by atoms with Crippen LogP contribution in [0.15, 0.2) is 24.3 Å². The minimum absolute atomic E-state index is 0.0168. The quantitative estimate of drug-likeness (QED) is 0.876. The van der Waals surface area contributed by atoms with Gasteiger partial charge in [0.1, 0.15) is 0 Å². The third-order valence-electron chi connectivity index (χ3n) is 4.47. The van der Waals surface area contributed by atoms with Gasteiger partial charge in [0.05, 0.1) is 17.0 Å². The first-order chi connectivity index (χ1) is 11.3. The Bertz CT molecular complexity index is 638. The molecule has 2 rings (SSSR count). The number of hydrogen-bond acceptors (Lipinski definition) is 4. The van der Waals surface area contributed by atoms with Crippen LogP contribution in [0.2, 0.25) is 0 Å². The number of nitriles is 1. The molecule has 0 aliphatic carbocycles. The fourth-order valence-electron chi connectivity index (χ4n) is 2.68. The zero-order valence-corrected chi connectivity index (χ0v) is 14.3. The van der Waals surface area contributed by atoms with Crippen molar-refractivity contribution in [2.45, 2.75) is 26.8 Å². The van der Waals surface area contributed by atoms with Crippen LogP contribution in [0.3, 0.4) is 0 Å². The van der Waals surface area contributed by atoms with Gasteiger partial charge in [0.15, 0.2) is 0 Å². The van der Waals surface area contributed by atoms with Crippen LogP contribution in [0.1, 0.15) is 31.4 Å². The number of hydrogen-bond donors (Lipinski definition) is 1. The summed E-state index contributed by atoms with van der Waals surface area (Å²) in [5.41, 5.74) is 6.34. The molecule has 0 bridgehead atoms. The first kappa shape index (κ1) is 18.0. The lowest BCUT2D eigenvalue weighted by molar-refractivity contribution is -0.139. The summed E-state index contributed by atoms with van der Waals surface area (Å²) in [5.74, 6) is -0.466. The normalized spacial score (nSPS) is 15.8. The average Bonchev–Trinajstić information content (AvgIpc) is 2.55. The molecule has 0 unspecified atom stereocenters. The molecule has 0 spiro atoms. The Labute approximate surface area is 142 Å². The van der Waals surface area contributed by atoms with Crippen molar-refractivity contribution >= 4 is 11.8 Å². The van der Waals surface area contributed by atoms with Gasteiger partial charge >= 0.3 is 0 Å². The maximum atomic E-state index is 12.3. The lowest BCUT2D eigenvalue weighted by Gasteiger charge is -2.36.